The third kappa shape index (κ3) is 9.76. The molecule has 1 fully saturated rings. The largest absolute Gasteiger partial charge is 0.394 e. The van der Waals surface area contributed by atoms with E-state index in [0.717, 1.165) is 35.2 Å². The van der Waals surface area contributed by atoms with E-state index in [0.29, 0.717) is 58.0 Å². The average molecular weight is 652 g/mol. The summed E-state index contributed by atoms with van der Waals surface area (Å²) in [5, 5.41) is 12.6. The van der Waals surface area contributed by atoms with Crippen molar-refractivity contribution >= 4 is 31.0 Å². The molecular weight excluding hydrogens is 605 g/mol. The minimum absolute atomic E-state index is 0.00662. The molecule has 4 rings (SSSR count). The molecule has 0 radical (unpaired) electrons. The number of hydrogen-bond acceptors (Lipinski definition) is 6. The lowest BCUT2D eigenvalue weighted by Crippen LogP contribution is -2.37. The number of para-hydroxylation sites is 1. The van der Waals surface area contributed by atoms with Gasteiger partial charge in [-0.3, -0.25) is 18.9 Å². The van der Waals surface area contributed by atoms with Crippen molar-refractivity contribution < 1.29 is 33.5 Å². The van der Waals surface area contributed by atoms with Crippen molar-refractivity contribution in [2.45, 2.75) is 96.0 Å². The molecule has 2 aromatic rings. The highest BCUT2D eigenvalue weighted by atomic mass is 31.2. The Balaban J connectivity index is 1.11. The van der Waals surface area contributed by atoms with E-state index >= 15 is 0 Å². The van der Waals surface area contributed by atoms with Crippen LogP contribution in [-0.2, 0) is 30.0 Å². The van der Waals surface area contributed by atoms with E-state index in [9.17, 15) is 28.9 Å². The van der Waals surface area contributed by atoms with Crippen LogP contribution in [-0.4, -0.2) is 70.1 Å². The average Bonchev–Trinajstić information content (AvgIpc) is 3.44. The molecule has 0 spiro atoms. The first kappa shape index (κ1) is 35.4. The Morgan fingerprint density at radius 1 is 0.935 bits per heavy atom. The molecular formula is C35H46N3O7P. The molecule has 3 amide bonds. The van der Waals surface area contributed by atoms with E-state index in [2.05, 4.69) is 17.2 Å². The molecule has 46 heavy (non-hydrogen) atoms. The number of fused-ring (bicyclic) bond motifs is 2. The van der Waals surface area contributed by atoms with E-state index < -0.39 is 25.4 Å². The van der Waals surface area contributed by atoms with Crippen LogP contribution in [0.15, 0.2) is 48.5 Å². The Morgan fingerprint density at radius 3 is 2.35 bits per heavy atom. The van der Waals surface area contributed by atoms with Crippen molar-refractivity contribution in [3.05, 3.63) is 65.2 Å². The molecule has 3 atom stereocenters. The summed E-state index contributed by atoms with van der Waals surface area (Å²) in [6, 6.07) is 15.1. The number of anilines is 1. The molecule has 248 valence electrons. The van der Waals surface area contributed by atoms with Crippen LogP contribution in [0, 0.1) is 11.8 Å². The van der Waals surface area contributed by atoms with Crippen molar-refractivity contribution in [2.24, 2.45) is 0 Å². The van der Waals surface area contributed by atoms with E-state index in [-0.39, 0.29) is 30.9 Å². The van der Waals surface area contributed by atoms with Gasteiger partial charge in [0.25, 0.3) is 0 Å². The number of hydrogen-bond donors (Lipinski definition) is 3. The Morgan fingerprint density at radius 2 is 1.59 bits per heavy atom. The zero-order valence-corrected chi connectivity index (χ0v) is 27.7. The first-order valence-corrected chi connectivity index (χ1v) is 17.9. The van der Waals surface area contributed by atoms with Gasteiger partial charge < -0.3 is 29.6 Å². The van der Waals surface area contributed by atoms with Crippen LogP contribution in [0.25, 0.3) is 0 Å². The number of carbonyl (C=O) groups excluding carboxylic acids is 3. The normalized spacial score (nSPS) is 18.5. The van der Waals surface area contributed by atoms with Crippen LogP contribution >= 0.6 is 7.60 Å². The molecule has 3 N–H and O–H groups in total. The topological polar surface area (TPSA) is 136 Å². The molecule has 2 aliphatic rings. The summed E-state index contributed by atoms with van der Waals surface area (Å²) >= 11 is 0. The lowest BCUT2D eigenvalue weighted by atomic mass is 10.0. The maximum atomic E-state index is 13.3. The summed E-state index contributed by atoms with van der Waals surface area (Å²) in [7, 11) is -3.77. The first-order valence-electron chi connectivity index (χ1n) is 16.3. The van der Waals surface area contributed by atoms with Crippen LogP contribution in [0.3, 0.4) is 0 Å². The molecule has 10 nitrogen and oxygen atoms in total. The molecule has 2 heterocycles. The standard InChI is InChI=1S/C35H46N3O7P/c1-26(2)46(43,44)45-31-22-30(25-39)37(24-31)34(41)17-4-3-11-21-36-33(40)16-9-10-18-35(42)38-23-29-14-6-5-12-27(29)19-20-28-13-7-8-15-32(28)38/h5-8,12-15,26,30-31,39H,3-4,9-11,16-18,21-25H2,1-2H3,(H,36,40)(H,43,44)/t30-,31+/m0/s1. The fourth-order valence-corrected chi connectivity index (χ4v) is 6.53. The van der Waals surface area contributed by atoms with Crippen LogP contribution in [0.5, 0.6) is 0 Å². The highest BCUT2D eigenvalue weighted by molar-refractivity contribution is 7.53. The molecule has 2 aliphatic heterocycles. The molecule has 2 aromatic carbocycles. The van der Waals surface area contributed by atoms with Crippen molar-refractivity contribution in [1.29, 1.82) is 0 Å². The van der Waals surface area contributed by atoms with Gasteiger partial charge in [0.05, 0.1) is 36.6 Å². The number of benzene rings is 2. The first-order chi connectivity index (χ1) is 22.1. The molecule has 1 saturated heterocycles. The summed E-state index contributed by atoms with van der Waals surface area (Å²) in [4.78, 5) is 51.8. The predicted octanol–water partition coefficient (Wildman–Crippen LogP) is 4.74. The Labute approximate surface area is 272 Å². The second kappa shape index (κ2) is 16.9. The van der Waals surface area contributed by atoms with Gasteiger partial charge in [0.2, 0.25) is 17.7 Å². The minimum atomic E-state index is -3.77. The molecule has 0 bridgehead atoms. The summed E-state index contributed by atoms with van der Waals surface area (Å²) < 4.78 is 17.6. The van der Waals surface area contributed by atoms with E-state index in [1.807, 2.05) is 48.5 Å². The molecule has 1 unspecified atom stereocenters. The zero-order valence-electron chi connectivity index (χ0n) is 26.8. The van der Waals surface area contributed by atoms with Crippen LogP contribution in [0.2, 0.25) is 0 Å². The van der Waals surface area contributed by atoms with Gasteiger partial charge in [-0.15, -0.1) is 0 Å². The summed E-state index contributed by atoms with van der Waals surface area (Å²) in [5.74, 6) is 6.27. The van der Waals surface area contributed by atoms with Gasteiger partial charge >= 0.3 is 7.60 Å². The quantitative estimate of drug-likeness (QED) is 0.144. The van der Waals surface area contributed by atoms with Gasteiger partial charge in [0.1, 0.15) is 0 Å². The number of unbranched alkanes of at least 4 members (excludes halogenated alkanes) is 3. The second-order valence-electron chi connectivity index (χ2n) is 12.3. The van der Waals surface area contributed by atoms with Gasteiger partial charge in [-0.2, -0.15) is 0 Å². The fraction of sp³-hybridized carbons (Fsp3) is 0.514. The smallest absolute Gasteiger partial charge is 0.330 e. The maximum Gasteiger partial charge on any atom is 0.330 e. The van der Waals surface area contributed by atoms with E-state index in [1.54, 1.807) is 23.6 Å². The van der Waals surface area contributed by atoms with Crippen LogP contribution in [0.1, 0.15) is 88.3 Å². The van der Waals surface area contributed by atoms with Gasteiger partial charge in [0, 0.05) is 43.5 Å². The number of aliphatic hydroxyl groups excluding tert-OH is 1. The highest BCUT2D eigenvalue weighted by Gasteiger charge is 2.39. The number of nitrogens with one attached hydrogen (secondary N) is 1. The Hall–Kier alpha value is -3.48. The number of likely N-dealkylation sites (tertiary alicyclic amines) is 1. The van der Waals surface area contributed by atoms with Crippen molar-refractivity contribution in [3.63, 3.8) is 0 Å². The number of nitrogens with zero attached hydrogens (tertiary/aromatic N) is 2. The van der Waals surface area contributed by atoms with Gasteiger partial charge in [-0.05, 0) is 55.9 Å². The molecule has 0 aromatic heterocycles. The number of aliphatic hydroxyl groups is 1. The molecule has 0 aliphatic carbocycles. The van der Waals surface area contributed by atoms with Gasteiger partial charge in [-0.1, -0.05) is 62.4 Å². The van der Waals surface area contributed by atoms with E-state index in [1.165, 1.54) is 0 Å². The predicted molar refractivity (Wildman–Crippen MR) is 177 cm³/mol. The fourth-order valence-electron chi connectivity index (χ4n) is 5.71. The zero-order chi connectivity index (χ0) is 33.1. The minimum Gasteiger partial charge on any atom is -0.394 e. The molecule has 11 heteroatoms. The lowest BCUT2D eigenvalue weighted by molar-refractivity contribution is -0.133. The SMILES string of the molecule is CC(C)P(=O)(O)O[C@@H]1C[C@@H](CO)N(C(=O)CCCCCNC(=O)CCCCC(=O)N2Cc3ccccc3C#Cc3ccccc32)C1. The van der Waals surface area contributed by atoms with E-state index in [4.69, 9.17) is 4.52 Å². The third-order valence-electron chi connectivity index (χ3n) is 8.47. The summed E-state index contributed by atoms with van der Waals surface area (Å²) in [6.45, 7) is 4.15. The summed E-state index contributed by atoms with van der Waals surface area (Å²) in [5.41, 5.74) is 3.01. The Kier molecular flexibility index (Phi) is 13.0. The monoisotopic (exact) mass is 651 g/mol. The number of rotatable bonds is 15. The maximum absolute atomic E-state index is 13.3. The van der Waals surface area contributed by atoms with Crippen LogP contribution < -0.4 is 10.2 Å². The third-order valence-corrected chi connectivity index (χ3v) is 10.4. The number of carbonyl (C=O) groups is 3. The van der Waals surface area contributed by atoms with Crippen molar-refractivity contribution in [1.82, 2.24) is 10.2 Å². The Bertz CT molecular complexity index is 1480. The van der Waals surface area contributed by atoms with Gasteiger partial charge in [-0.25, -0.2) is 0 Å². The van der Waals surface area contributed by atoms with Gasteiger partial charge in [0.15, 0.2) is 0 Å². The van der Waals surface area contributed by atoms with Crippen LogP contribution in [0.4, 0.5) is 5.69 Å². The number of amides is 3. The lowest BCUT2D eigenvalue weighted by Gasteiger charge is -2.26. The van der Waals surface area contributed by atoms with Crippen molar-refractivity contribution in [2.75, 3.05) is 24.6 Å². The summed E-state index contributed by atoms with van der Waals surface area (Å²) in [6.07, 6.45) is 4.06. The van der Waals surface area contributed by atoms with Crippen molar-refractivity contribution in [3.8, 4) is 11.8 Å². The second-order valence-corrected chi connectivity index (χ2v) is 14.6. The molecule has 0 saturated carbocycles. The highest BCUT2D eigenvalue weighted by Crippen LogP contribution is 2.49.